The van der Waals surface area contributed by atoms with Crippen molar-refractivity contribution >= 4 is 21.6 Å². The van der Waals surface area contributed by atoms with Crippen LogP contribution in [-0.4, -0.2) is 45.9 Å². The Morgan fingerprint density at radius 3 is 2.17 bits per heavy atom. The van der Waals surface area contributed by atoms with Gasteiger partial charge in [-0.15, -0.1) is 0 Å². The van der Waals surface area contributed by atoms with Crippen molar-refractivity contribution < 1.29 is 22.7 Å². The second kappa shape index (κ2) is 9.95. The molecule has 30 heavy (non-hydrogen) atoms. The summed E-state index contributed by atoms with van der Waals surface area (Å²) in [7, 11) is -0.398. The molecule has 162 valence electrons. The molecule has 0 bridgehead atoms. The van der Waals surface area contributed by atoms with Gasteiger partial charge in [-0.1, -0.05) is 18.9 Å². The summed E-state index contributed by atoms with van der Waals surface area (Å²) >= 11 is 0. The van der Waals surface area contributed by atoms with Gasteiger partial charge < -0.3 is 14.8 Å². The molecule has 1 aliphatic rings. The van der Waals surface area contributed by atoms with Crippen LogP contribution in [0.4, 0.5) is 5.69 Å². The average molecular weight is 433 g/mol. The van der Waals surface area contributed by atoms with Crippen LogP contribution in [0.1, 0.15) is 31.2 Å². The van der Waals surface area contributed by atoms with E-state index in [0.29, 0.717) is 30.3 Å². The fraction of sp³-hybridized carbons (Fsp3) is 0.409. The summed E-state index contributed by atoms with van der Waals surface area (Å²) in [6, 6.07) is 11.7. The van der Waals surface area contributed by atoms with Crippen molar-refractivity contribution in [2.24, 2.45) is 0 Å². The fourth-order valence-electron chi connectivity index (χ4n) is 3.52. The first-order valence-corrected chi connectivity index (χ1v) is 11.5. The van der Waals surface area contributed by atoms with Gasteiger partial charge in [0.1, 0.15) is 0 Å². The van der Waals surface area contributed by atoms with Crippen LogP contribution in [0.15, 0.2) is 47.4 Å². The van der Waals surface area contributed by atoms with E-state index in [1.807, 2.05) is 0 Å². The van der Waals surface area contributed by atoms with Crippen molar-refractivity contribution in [3.05, 3.63) is 48.0 Å². The average Bonchev–Trinajstić information content (AvgIpc) is 3.04. The van der Waals surface area contributed by atoms with Gasteiger partial charge in [0, 0.05) is 18.8 Å². The molecular formula is C22H28N2O5S. The van der Waals surface area contributed by atoms with Crippen LogP contribution in [0.5, 0.6) is 11.5 Å². The minimum atomic E-state index is -3.50. The van der Waals surface area contributed by atoms with Gasteiger partial charge in [-0.2, -0.15) is 4.31 Å². The Kier molecular flexibility index (Phi) is 7.33. The van der Waals surface area contributed by atoms with Crippen molar-refractivity contribution in [1.29, 1.82) is 0 Å². The van der Waals surface area contributed by atoms with E-state index >= 15 is 0 Å². The number of carbonyl (C=O) groups is 1. The Labute approximate surface area is 178 Å². The summed E-state index contributed by atoms with van der Waals surface area (Å²) in [6.07, 6.45) is 4.08. The first kappa shape index (κ1) is 22.1. The number of nitrogens with zero attached hydrogens (tertiary/aromatic N) is 1. The van der Waals surface area contributed by atoms with Gasteiger partial charge in [-0.05, 0) is 54.8 Å². The standard InChI is InChI=1S/C22H28N2O5S/c1-28-20-12-7-17(15-21(20)29-2)16-22(25)23-18-8-10-19(11-9-18)30(26,27)24-13-5-3-4-6-14-24/h7-12,15H,3-6,13-14,16H2,1-2H3,(H,23,25). The van der Waals surface area contributed by atoms with Crippen LogP contribution in [0, 0.1) is 0 Å². The van der Waals surface area contributed by atoms with E-state index in [1.54, 1.807) is 61.0 Å². The third-order valence-corrected chi connectivity index (χ3v) is 7.07. The molecule has 2 aromatic rings. The summed E-state index contributed by atoms with van der Waals surface area (Å²) in [4.78, 5) is 12.6. The summed E-state index contributed by atoms with van der Waals surface area (Å²) in [6.45, 7) is 1.12. The van der Waals surface area contributed by atoms with Crippen LogP contribution in [0.25, 0.3) is 0 Å². The number of hydrogen-bond acceptors (Lipinski definition) is 5. The first-order chi connectivity index (χ1) is 14.4. The number of nitrogens with one attached hydrogen (secondary N) is 1. The third-order valence-electron chi connectivity index (χ3n) is 5.15. The second-order valence-corrected chi connectivity index (χ2v) is 9.19. The van der Waals surface area contributed by atoms with Crippen molar-refractivity contribution in [3.63, 3.8) is 0 Å². The normalized spacial score (nSPS) is 15.3. The van der Waals surface area contributed by atoms with Gasteiger partial charge in [-0.3, -0.25) is 4.79 Å². The summed E-state index contributed by atoms with van der Waals surface area (Å²) < 4.78 is 37.7. The minimum Gasteiger partial charge on any atom is -0.493 e. The number of methoxy groups -OCH3 is 2. The number of hydrogen-bond donors (Lipinski definition) is 1. The predicted octanol–water partition coefficient (Wildman–Crippen LogP) is 3.45. The maximum atomic E-state index is 12.8. The zero-order chi connectivity index (χ0) is 21.6. The number of carbonyl (C=O) groups excluding carboxylic acids is 1. The molecule has 0 aliphatic carbocycles. The predicted molar refractivity (Wildman–Crippen MR) is 116 cm³/mol. The molecule has 8 heteroatoms. The van der Waals surface area contributed by atoms with Crippen molar-refractivity contribution in [1.82, 2.24) is 4.31 Å². The lowest BCUT2D eigenvalue weighted by Gasteiger charge is -2.20. The molecule has 1 aliphatic heterocycles. The molecule has 1 heterocycles. The van der Waals surface area contributed by atoms with E-state index in [2.05, 4.69) is 5.32 Å². The smallest absolute Gasteiger partial charge is 0.243 e. The third kappa shape index (κ3) is 5.31. The SMILES string of the molecule is COc1ccc(CC(=O)Nc2ccc(S(=O)(=O)N3CCCCCC3)cc2)cc1OC. The highest BCUT2D eigenvalue weighted by molar-refractivity contribution is 7.89. The van der Waals surface area contributed by atoms with E-state index in [4.69, 9.17) is 9.47 Å². The Hall–Kier alpha value is -2.58. The maximum Gasteiger partial charge on any atom is 0.243 e. The van der Waals surface area contributed by atoms with E-state index in [-0.39, 0.29) is 17.2 Å². The molecule has 1 saturated heterocycles. The topological polar surface area (TPSA) is 84.9 Å². The molecule has 7 nitrogen and oxygen atoms in total. The maximum absolute atomic E-state index is 12.8. The Morgan fingerprint density at radius 1 is 0.933 bits per heavy atom. The summed E-state index contributed by atoms with van der Waals surface area (Å²) in [5, 5.41) is 2.81. The van der Waals surface area contributed by atoms with Crippen LogP contribution >= 0.6 is 0 Å². The monoisotopic (exact) mass is 432 g/mol. The molecule has 0 radical (unpaired) electrons. The van der Waals surface area contributed by atoms with Gasteiger partial charge in [0.2, 0.25) is 15.9 Å². The van der Waals surface area contributed by atoms with Crippen LogP contribution < -0.4 is 14.8 Å². The molecule has 1 fully saturated rings. The molecular weight excluding hydrogens is 404 g/mol. The zero-order valence-electron chi connectivity index (χ0n) is 17.4. The van der Waals surface area contributed by atoms with Gasteiger partial charge in [0.15, 0.2) is 11.5 Å². The number of amides is 1. The minimum absolute atomic E-state index is 0.161. The Morgan fingerprint density at radius 2 is 1.57 bits per heavy atom. The van der Waals surface area contributed by atoms with Gasteiger partial charge >= 0.3 is 0 Å². The lowest BCUT2D eigenvalue weighted by atomic mass is 10.1. The highest BCUT2D eigenvalue weighted by Gasteiger charge is 2.25. The lowest BCUT2D eigenvalue weighted by Crippen LogP contribution is -2.31. The molecule has 2 aromatic carbocycles. The van der Waals surface area contributed by atoms with Crippen LogP contribution in [0.3, 0.4) is 0 Å². The molecule has 1 N–H and O–H groups in total. The molecule has 1 amide bonds. The first-order valence-electron chi connectivity index (χ1n) is 10.0. The number of rotatable bonds is 7. The van der Waals surface area contributed by atoms with Crippen molar-refractivity contribution in [2.75, 3.05) is 32.6 Å². The number of benzene rings is 2. The lowest BCUT2D eigenvalue weighted by molar-refractivity contribution is -0.115. The fourth-order valence-corrected chi connectivity index (χ4v) is 5.04. The molecule has 0 unspecified atom stereocenters. The van der Waals surface area contributed by atoms with Gasteiger partial charge in [0.05, 0.1) is 25.5 Å². The summed E-state index contributed by atoms with van der Waals surface area (Å²) in [5.74, 6) is 0.957. The van der Waals surface area contributed by atoms with Gasteiger partial charge in [-0.25, -0.2) is 8.42 Å². The van der Waals surface area contributed by atoms with E-state index in [0.717, 1.165) is 31.2 Å². The molecule has 0 spiro atoms. The van der Waals surface area contributed by atoms with E-state index < -0.39 is 10.0 Å². The quantitative estimate of drug-likeness (QED) is 0.724. The van der Waals surface area contributed by atoms with Gasteiger partial charge in [0.25, 0.3) is 0 Å². The number of ether oxygens (including phenoxy) is 2. The molecule has 3 rings (SSSR count). The zero-order valence-corrected chi connectivity index (χ0v) is 18.2. The van der Waals surface area contributed by atoms with Crippen LogP contribution in [0.2, 0.25) is 0 Å². The van der Waals surface area contributed by atoms with Crippen molar-refractivity contribution in [2.45, 2.75) is 37.0 Å². The molecule has 0 aromatic heterocycles. The van der Waals surface area contributed by atoms with Crippen molar-refractivity contribution in [3.8, 4) is 11.5 Å². The Balaban J connectivity index is 1.64. The van der Waals surface area contributed by atoms with E-state index in [9.17, 15) is 13.2 Å². The molecule has 0 saturated carbocycles. The largest absolute Gasteiger partial charge is 0.493 e. The second-order valence-electron chi connectivity index (χ2n) is 7.26. The number of sulfonamides is 1. The highest BCUT2D eigenvalue weighted by Crippen LogP contribution is 2.28. The Bertz CT molecular complexity index is 966. The summed E-state index contributed by atoms with van der Waals surface area (Å²) in [5.41, 5.74) is 1.33. The van der Waals surface area contributed by atoms with Crippen LogP contribution in [-0.2, 0) is 21.2 Å². The number of anilines is 1. The highest BCUT2D eigenvalue weighted by atomic mass is 32.2. The molecule has 0 atom stereocenters. The van der Waals surface area contributed by atoms with E-state index in [1.165, 1.54) is 0 Å².